The Hall–Kier alpha value is -1.69. The van der Waals surface area contributed by atoms with Gasteiger partial charge in [-0.3, -0.25) is 9.69 Å². The van der Waals surface area contributed by atoms with E-state index in [1.165, 1.54) is 0 Å². The van der Waals surface area contributed by atoms with Crippen molar-refractivity contribution in [3.63, 3.8) is 0 Å². The maximum Gasteiger partial charge on any atom is 0.225 e. The standard InChI is InChI=1S/C14H23N5O/c1-12(2)17-13(20)4-7-18-8-10-19(11-9-18)14-15-5-3-6-16-14/h3,5-6,12H,4,7-11H2,1-2H3,(H,17,20). The smallest absolute Gasteiger partial charge is 0.225 e. The number of carbonyl (C=O) groups excluding carboxylic acids is 1. The van der Waals surface area contributed by atoms with Gasteiger partial charge in [-0.2, -0.15) is 0 Å². The molecule has 2 heterocycles. The first kappa shape index (κ1) is 14.7. The zero-order valence-corrected chi connectivity index (χ0v) is 12.2. The average molecular weight is 277 g/mol. The van der Waals surface area contributed by atoms with E-state index < -0.39 is 0 Å². The minimum Gasteiger partial charge on any atom is -0.354 e. The number of carbonyl (C=O) groups is 1. The van der Waals surface area contributed by atoms with Crippen LogP contribution in [0.15, 0.2) is 18.5 Å². The topological polar surface area (TPSA) is 61.4 Å². The number of aromatic nitrogens is 2. The molecule has 110 valence electrons. The zero-order valence-electron chi connectivity index (χ0n) is 12.2. The third kappa shape index (κ3) is 4.45. The highest BCUT2D eigenvalue weighted by Crippen LogP contribution is 2.09. The lowest BCUT2D eigenvalue weighted by atomic mass is 10.2. The van der Waals surface area contributed by atoms with Crippen LogP contribution < -0.4 is 10.2 Å². The molecule has 0 atom stereocenters. The lowest BCUT2D eigenvalue weighted by Crippen LogP contribution is -2.48. The van der Waals surface area contributed by atoms with E-state index in [4.69, 9.17) is 0 Å². The van der Waals surface area contributed by atoms with Crippen LogP contribution in [0.4, 0.5) is 5.95 Å². The first-order chi connectivity index (χ1) is 9.65. The van der Waals surface area contributed by atoms with Crippen molar-refractivity contribution in [2.45, 2.75) is 26.3 Å². The van der Waals surface area contributed by atoms with Gasteiger partial charge in [-0.05, 0) is 19.9 Å². The summed E-state index contributed by atoms with van der Waals surface area (Å²) >= 11 is 0. The summed E-state index contributed by atoms with van der Waals surface area (Å²) in [5, 5.41) is 2.92. The number of anilines is 1. The van der Waals surface area contributed by atoms with E-state index >= 15 is 0 Å². The summed E-state index contributed by atoms with van der Waals surface area (Å²) in [7, 11) is 0. The third-order valence-electron chi connectivity index (χ3n) is 3.31. The maximum atomic E-state index is 11.6. The van der Waals surface area contributed by atoms with Crippen molar-refractivity contribution >= 4 is 11.9 Å². The van der Waals surface area contributed by atoms with Crippen LogP contribution in [-0.4, -0.2) is 59.5 Å². The van der Waals surface area contributed by atoms with Crippen LogP contribution in [0.1, 0.15) is 20.3 Å². The van der Waals surface area contributed by atoms with Crippen molar-refractivity contribution in [3.05, 3.63) is 18.5 Å². The fourth-order valence-corrected chi connectivity index (χ4v) is 2.28. The Balaban J connectivity index is 1.71. The quantitative estimate of drug-likeness (QED) is 0.850. The largest absolute Gasteiger partial charge is 0.354 e. The maximum absolute atomic E-state index is 11.6. The Morgan fingerprint density at radius 2 is 1.90 bits per heavy atom. The van der Waals surface area contributed by atoms with Crippen LogP contribution in [0.25, 0.3) is 0 Å². The van der Waals surface area contributed by atoms with Crippen LogP contribution >= 0.6 is 0 Å². The van der Waals surface area contributed by atoms with Gasteiger partial charge in [0.15, 0.2) is 0 Å². The normalized spacial score (nSPS) is 16.4. The minimum absolute atomic E-state index is 0.133. The van der Waals surface area contributed by atoms with E-state index in [0.29, 0.717) is 6.42 Å². The number of piperazine rings is 1. The number of nitrogens with zero attached hydrogens (tertiary/aromatic N) is 4. The fourth-order valence-electron chi connectivity index (χ4n) is 2.28. The first-order valence-electron chi connectivity index (χ1n) is 7.19. The Kier molecular flexibility index (Phi) is 5.29. The van der Waals surface area contributed by atoms with E-state index in [2.05, 4.69) is 25.1 Å². The summed E-state index contributed by atoms with van der Waals surface area (Å²) < 4.78 is 0. The molecule has 1 fully saturated rings. The lowest BCUT2D eigenvalue weighted by molar-refractivity contribution is -0.121. The van der Waals surface area contributed by atoms with Crippen LogP contribution in [0.2, 0.25) is 0 Å². The molecule has 6 nitrogen and oxygen atoms in total. The van der Waals surface area contributed by atoms with Crippen molar-refractivity contribution in [3.8, 4) is 0 Å². The van der Waals surface area contributed by atoms with E-state index in [-0.39, 0.29) is 11.9 Å². The van der Waals surface area contributed by atoms with Gasteiger partial charge in [-0.15, -0.1) is 0 Å². The van der Waals surface area contributed by atoms with Gasteiger partial charge < -0.3 is 10.2 Å². The van der Waals surface area contributed by atoms with Crippen molar-refractivity contribution in [1.82, 2.24) is 20.2 Å². The average Bonchev–Trinajstić information content (AvgIpc) is 2.46. The second-order valence-electron chi connectivity index (χ2n) is 5.35. The van der Waals surface area contributed by atoms with Crippen LogP contribution in [-0.2, 0) is 4.79 Å². The van der Waals surface area contributed by atoms with E-state index in [9.17, 15) is 4.79 Å². The molecule has 0 spiro atoms. The van der Waals surface area contributed by atoms with Gasteiger partial charge >= 0.3 is 0 Å². The molecule has 6 heteroatoms. The Labute approximate surface area is 120 Å². The molecule has 0 aliphatic carbocycles. The van der Waals surface area contributed by atoms with Crippen molar-refractivity contribution in [2.24, 2.45) is 0 Å². The highest BCUT2D eigenvalue weighted by Gasteiger charge is 2.19. The molecule has 1 saturated heterocycles. The fraction of sp³-hybridized carbons (Fsp3) is 0.643. The van der Waals surface area contributed by atoms with Crippen LogP contribution in [0.5, 0.6) is 0 Å². The molecular formula is C14H23N5O. The first-order valence-corrected chi connectivity index (χ1v) is 7.19. The van der Waals surface area contributed by atoms with Gasteiger partial charge in [0, 0.05) is 57.6 Å². The molecule has 0 unspecified atom stereocenters. The van der Waals surface area contributed by atoms with Gasteiger partial charge in [0.05, 0.1) is 0 Å². The van der Waals surface area contributed by atoms with Crippen molar-refractivity contribution in [2.75, 3.05) is 37.6 Å². The molecule has 1 aromatic heterocycles. The molecule has 0 bridgehead atoms. The van der Waals surface area contributed by atoms with Crippen LogP contribution in [0, 0.1) is 0 Å². The van der Waals surface area contributed by atoms with Gasteiger partial charge in [0.1, 0.15) is 0 Å². The van der Waals surface area contributed by atoms with Crippen molar-refractivity contribution in [1.29, 1.82) is 0 Å². The van der Waals surface area contributed by atoms with E-state index in [0.717, 1.165) is 38.7 Å². The molecule has 1 amide bonds. The third-order valence-corrected chi connectivity index (χ3v) is 3.31. The predicted molar refractivity (Wildman–Crippen MR) is 78.6 cm³/mol. The van der Waals surface area contributed by atoms with Crippen molar-refractivity contribution < 1.29 is 4.79 Å². The molecule has 20 heavy (non-hydrogen) atoms. The summed E-state index contributed by atoms with van der Waals surface area (Å²) in [5.74, 6) is 0.929. The minimum atomic E-state index is 0.133. The predicted octanol–water partition coefficient (Wildman–Crippen LogP) is 0.513. The van der Waals surface area contributed by atoms with E-state index in [1.807, 2.05) is 19.9 Å². The number of rotatable bonds is 5. The zero-order chi connectivity index (χ0) is 14.4. The highest BCUT2D eigenvalue weighted by molar-refractivity contribution is 5.76. The van der Waals surface area contributed by atoms with E-state index in [1.54, 1.807) is 12.4 Å². The number of nitrogens with one attached hydrogen (secondary N) is 1. The Morgan fingerprint density at radius 3 is 2.50 bits per heavy atom. The van der Waals surface area contributed by atoms with Gasteiger partial charge in [0.2, 0.25) is 11.9 Å². The van der Waals surface area contributed by atoms with Gasteiger partial charge in [0.25, 0.3) is 0 Å². The molecule has 0 saturated carbocycles. The number of hydrogen-bond donors (Lipinski definition) is 1. The lowest BCUT2D eigenvalue weighted by Gasteiger charge is -2.34. The molecule has 1 N–H and O–H groups in total. The molecular weight excluding hydrogens is 254 g/mol. The van der Waals surface area contributed by atoms with Crippen LogP contribution in [0.3, 0.4) is 0 Å². The summed E-state index contributed by atoms with van der Waals surface area (Å²) in [5.41, 5.74) is 0. The SMILES string of the molecule is CC(C)NC(=O)CCN1CCN(c2ncccn2)CC1. The molecule has 1 aliphatic heterocycles. The highest BCUT2D eigenvalue weighted by atomic mass is 16.1. The second-order valence-corrected chi connectivity index (χ2v) is 5.35. The summed E-state index contributed by atoms with van der Waals surface area (Å²) in [6, 6.07) is 2.04. The second kappa shape index (κ2) is 7.19. The van der Waals surface area contributed by atoms with Gasteiger partial charge in [-0.25, -0.2) is 9.97 Å². The number of amides is 1. The Morgan fingerprint density at radius 1 is 1.25 bits per heavy atom. The molecule has 0 radical (unpaired) electrons. The molecule has 1 aliphatic rings. The molecule has 1 aromatic rings. The molecule has 2 rings (SSSR count). The number of hydrogen-bond acceptors (Lipinski definition) is 5. The molecule has 0 aromatic carbocycles. The summed E-state index contributed by atoms with van der Waals surface area (Å²) in [6.07, 6.45) is 4.11. The Bertz CT molecular complexity index is 415. The summed E-state index contributed by atoms with van der Waals surface area (Å²) in [4.78, 5) is 24.7. The summed E-state index contributed by atoms with van der Waals surface area (Å²) in [6.45, 7) is 8.52. The van der Waals surface area contributed by atoms with Gasteiger partial charge in [-0.1, -0.05) is 0 Å². The monoisotopic (exact) mass is 277 g/mol.